The van der Waals surface area contributed by atoms with Crippen LogP contribution in [0.5, 0.6) is 5.75 Å². The number of benzene rings is 2. The van der Waals surface area contributed by atoms with Crippen molar-refractivity contribution in [2.45, 2.75) is 58.1 Å². The van der Waals surface area contributed by atoms with Gasteiger partial charge in [-0.15, -0.1) is 5.06 Å². The van der Waals surface area contributed by atoms with E-state index in [-0.39, 0.29) is 11.3 Å². The number of hydrogen-bond acceptors (Lipinski definition) is 7. The van der Waals surface area contributed by atoms with Crippen LogP contribution in [0.3, 0.4) is 0 Å². The molecule has 3 saturated heterocycles. The lowest BCUT2D eigenvalue weighted by Crippen LogP contribution is -2.46. The Morgan fingerprint density at radius 3 is 2.27 bits per heavy atom. The summed E-state index contributed by atoms with van der Waals surface area (Å²) >= 11 is 0. The van der Waals surface area contributed by atoms with Crippen molar-refractivity contribution in [3.8, 4) is 5.75 Å². The average Bonchev–Trinajstić information content (AvgIpc) is 3.45. The summed E-state index contributed by atoms with van der Waals surface area (Å²) in [6.07, 6.45) is 2.07. The summed E-state index contributed by atoms with van der Waals surface area (Å²) < 4.78 is 10.7. The van der Waals surface area contributed by atoms with Gasteiger partial charge >= 0.3 is 6.16 Å². The fraction of sp³-hybridized carbons (Fsp3) is 0.562. The first-order chi connectivity index (χ1) is 19.1. The highest BCUT2D eigenvalue weighted by Gasteiger charge is 2.48. The number of nitrogens with zero attached hydrogens (tertiary/aromatic N) is 3. The van der Waals surface area contributed by atoms with E-state index in [2.05, 4.69) is 29.2 Å². The van der Waals surface area contributed by atoms with Crippen molar-refractivity contribution in [1.29, 1.82) is 0 Å². The molecular weight excluding hydrogens is 506 g/mol. The van der Waals surface area contributed by atoms with Crippen LogP contribution in [0.15, 0.2) is 54.6 Å². The van der Waals surface area contributed by atoms with Crippen LogP contribution >= 0.6 is 0 Å². The van der Waals surface area contributed by atoms with Gasteiger partial charge in [-0.2, -0.15) is 0 Å². The van der Waals surface area contributed by atoms with E-state index in [1.165, 1.54) is 5.56 Å². The molecule has 3 aliphatic heterocycles. The van der Waals surface area contributed by atoms with Crippen LogP contribution in [0.4, 0.5) is 4.79 Å². The van der Waals surface area contributed by atoms with E-state index in [4.69, 9.17) is 14.3 Å². The molecule has 2 aromatic rings. The summed E-state index contributed by atoms with van der Waals surface area (Å²) in [5, 5.41) is 1.76. The first-order valence-electron chi connectivity index (χ1n) is 14.5. The zero-order chi connectivity index (χ0) is 28.3. The molecule has 8 nitrogen and oxygen atoms in total. The molecule has 8 heteroatoms. The predicted octanol–water partition coefficient (Wildman–Crippen LogP) is 5.09. The molecule has 1 amide bonds. The fourth-order valence-corrected chi connectivity index (χ4v) is 6.50. The molecule has 3 fully saturated rings. The Morgan fingerprint density at radius 1 is 0.950 bits per heavy atom. The number of rotatable bonds is 7. The standard InChI is InChI=1S/C32H43N3O5/c1-31(2,3)39-30(37)40-35-22-26(28(23-35)25-8-6-5-7-9-25)21-33-17-14-32(15-18-33)16-19-34(29(32)36)20-24-10-12-27(38-4)13-11-24/h5-13,26,28H,14-23H2,1-4H3. The van der Waals surface area contributed by atoms with Crippen LogP contribution in [-0.2, 0) is 20.9 Å². The topological polar surface area (TPSA) is 71.6 Å². The average molecular weight is 550 g/mol. The number of methoxy groups -OCH3 is 1. The Morgan fingerprint density at radius 2 is 1.62 bits per heavy atom. The second-order valence-corrected chi connectivity index (χ2v) is 12.6. The molecule has 0 aliphatic carbocycles. The largest absolute Gasteiger partial charge is 0.528 e. The molecule has 216 valence electrons. The Hall–Kier alpha value is -3.10. The molecule has 5 rings (SSSR count). The minimum Gasteiger partial charge on any atom is -0.497 e. The summed E-state index contributed by atoms with van der Waals surface area (Å²) in [6, 6.07) is 18.5. The van der Waals surface area contributed by atoms with Gasteiger partial charge in [0.1, 0.15) is 11.4 Å². The number of likely N-dealkylation sites (tertiary alicyclic amines) is 2. The third-order valence-corrected chi connectivity index (χ3v) is 8.67. The first-order valence-corrected chi connectivity index (χ1v) is 14.5. The van der Waals surface area contributed by atoms with E-state index in [1.54, 1.807) is 12.2 Å². The molecule has 3 aliphatic rings. The molecule has 0 radical (unpaired) electrons. The van der Waals surface area contributed by atoms with Crippen LogP contribution in [0.25, 0.3) is 0 Å². The van der Waals surface area contributed by atoms with E-state index >= 15 is 0 Å². The van der Waals surface area contributed by atoms with Crippen molar-refractivity contribution in [2.75, 3.05) is 46.4 Å². The van der Waals surface area contributed by atoms with E-state index in [0.717, 1.165) is 56.8 Å². The third-order valence-electron chi connectivity index (χ3n) is 8.67. The number of hydrogen-bond donors (Lipinski definition) is 0. The van der Waals surface area contributed by atoms with Gasteiger partial charge in [0.25, 0.3) is 0 Å². The van der Waals surface area contributed by atoms with E-state index < -0.39 is 11.8 Å². The number of hydroxylamine groups is 2. The van der Waals surface area contributed by atoms with E-state index in [1.807, 2.05) is 56.0 Å². The highest BCUT2D eigenvalue weighted by molar-refractivity contribution is 5.85. The number of amides is 1. The SMILES string of the molecule is COc1ccc(CN2CCC3(CCN(CC4CN(OC(=O)OC(C)(C)C)CC4c4ccccc4)CC3)C2=O)cc1. The number of carbonyl (C=O) groups is 2. The van der Waals surface area contributed by atoms with Crippen LogP contribution in [0.1, 0.15) is 57.1 Å². The number of ether oxygens (including phenoxy) is 2. The highest BCUT2D eigenvalue weighted by atomic mass is 16.8. The molecular formula is C32H43N3O5. The Labute approximate surface area is 238 Å². The van der Waals surface area contributed by atoms with Gasteiger partial charge < -0.3 is 24.1 Å². The van der Waals surface area contributed by atoms with E-state index in [9.17, 15) is 9.59 Å². The van der Waals surface area contributed by atoms with Crippen LogP contribution < -0.4 is 4.74 Å². The van der Waals surface area contributed by atoms with Gasteiger partial charge in [0, 0.05) is 38.6 Å². The van der Waals surface area contributed by atoms with Gasteiger partial charge in [-0.25, -0.2) is 4.79 Å². The lowest BCUT2D eigenvalue weighted by Gasteiger charge is -2.39. The normalized spacial score (nSPS) is 23.5. The highest BCUT2D eigenvalue weighted by Crippen LogP contribution is 2.43. The summed E-state index contributed by atoms with van der Waals surface area (Å²) in [5.41, 5.74) is 1.57. The van der Waals surface area contributed by atoms with Gasteiger partial charge in [0.2, 0.25) is 5.91 Å². The van der Waals surface area contributed by atoms with Crippen molar-refractivity contribution in [3.05, 3.63) is 65.7 Å². The first kappa shape index (κ1) is 28.4. The Kier molecular flexibility index (Phi) is 8.38. The molecule has 2 unspecified atom stereocenters. The monoisotopic (exact) mass is 549 g/mol. The van der Waals surface area contributed by atoms with Gasteiger partial charge in [-0.3, -0.25) is 4.79 Å². The quantitative estimate of drug-likeness (QED) is 0.446. The van der Waals surface area contributed by atoms with Gasteiger partial charge in [0.15, 0.2) is 0 Å². The summed E-state index contributed by atoms with van der Waals surface area (Å²) in [7, 11) is 1.66. The van der Waals surface area contributed by atoms with Crippen molar-refractivity contribution in [1.82, 2.24) is 14.9 Å². The lowest BCUT2D eigenvalue weighted by molar-refractivity contribution is -0.139. The Balaban J connectivity index is 1.18. The van der Waals surface area contributed by atoms with Crippen molar-refractivity contribution in [2.24, 2.45) is 11.3 Å². The summed E-state index contributed by atoms with van der Waals surface area (Å²) in [6.45, 7) is 11.0. The molecule has 3 heterocycles. The van der Waals surface area contributed by atoms with Crippen LogP contribution in [-0.4, -0.2) is 78.9 Å². The minimum absolute atomic E-state index is 0.233. The lowest BCUT2D eigenvalue weighted by atomic mass is 9.76. The van der Waals surface area contributed by atoms with Gasteiger partial charge in [-0.1, -0.05) is 42.5 Å². The molecule has 2 atom stereocenters. The molecule has 0 bridgehead atoms. The Bertz CT molecular complexity index is 1160. The maximum Gasteiger partial charge on any atom is 0.528 e. The molecule has 1 spiro atoms. The molecule has 0 N–H and O–H groups in total. The summed E-state index contributed by atoms with van der Waals surface area (Å²) in [4.78, 5) is 36.1. The summed E-state index contributed by atoms with van der Waals surface area (Å²) in [5.74, 6) is 1.71. The second-order valence-electron chi connectivity index (χ2n) is 12.6. The van der Waals surface area contributed by atoms with Gasteiger partial charge in [-0.05, 0) is 82.3 Å². The van der Waals surface area contributed by atoms with Crippen molar-refractivity contribution >= 4 is 12.1 Å². The molecule has 0 aromatic heterocycles. The maximum atomic E-state index is 13.6. The van der Waals surface area contributed by atoms with Crippen LogP contribution in [0, 0.1) is 11.3 Å². The van der Waals surface area contributed by atoms with Crippen molar-refractivity contribution < 1.29 is 23.9 Å². The zero-order valence-corrected chi connectivity index (χ0v) is 24.3. The maximum absolute atomic E-state index is 13.6. The van der Waals surface area contributed by atoms with Crippen LogP contribution in [0.2, 0.25) is 0 Å². The molecule has 2 aromatic carbocycles. The van der Waals surface area contributed by atoms with E-state index in [0.29, 0.717) is 31.5 Å². The molecule has 40 heavy (non-hydrogen) atoms. The number of piperidine rings is 1. The minimum atomic E-state index is -0.654. The number of carbonyl (C=O) groups excluding carboxylic acids is 2. The third kappa shape index (κ3) is 6.61. The van der Waals surface area contributed by atoms with Gasteiger partial charge in [0.05, 0.1) is 12.5 Å². The second kappa shape index (κ2) is 11.8. The fourth-order valence-electron chi connectivity index (χ4n) is 6.50. The zero-order valence-electron chi connectivity index (χ0n) is 24.3. The smallest absolute Gasteiger partial charge is 0.497 e. The van der Waals surface area contributed by atoms with Crippen molar-refractivity contribution in [3.63, 3.8) is 0 Å². The molecule has 0 saturated carbocycles. The predicted molar refractivity (Wildman–Crippen MR) is 153 cm³/mol.